The number of thiazole rings is 1. The molecule has 2 atom stereocenters. The zero-order valence-electron chi connectivity index (χ0n) is 19.8. The number of fused-ring (bicyclic) bond motifs is 1. The fourth-order valence-corrected chi connectivity index (χ4v) is 6.60. The Morgan fingerprint density at radius 2 is 1.94 bits per heavy atom. The van der Waals surface area contributed by atoms with E-state index in [1.807, 2.05) is 53.8 Å². The summed E-state index contributed by atoms with van der Waals surface area (Å²) < 4.78 is 29.7. The van der Waals surface area contributed by atoms with Gasteiger partial charge < -0.3 is 14.4 Å². The van der Waals surface area contributed by atoms with Crippen LogP contribution in [0, 0.1) is 0 Å². The molecule has 8 nitrogen and oxygen atoms in total. The summed E-state index contributed by atoms with van der Waals surface area (Å²) in [6.45, 7) is 5.87. The highest BCUT2D eigenvalue weighted by Crippen LogP contribution is 2.27. The van der Waals surface area contributed by atoms with Crippen molar-refractivity contribution in [3.05, 3.63) is 71.3 Å². The molecule has 0 aliphatic carbocycles. The van der Waals surface area contributed by atoms with Crippen LogP contribution >= 0.6 is 22.9 Å². The van der Waals surface area contributed by atoms with E-state index >= 15 is 0 Å². The molecule has 0 radical (unpaired) electrons. The molecule has 1 amide bonds. The van der Waals surface area contributed by atoms with Crippen LogP contribution in [0.1, 0.15) is 19.9 Å². The SMILES string of the molecule is CC1CN(c2ccc(S(=O)(=O)Nc3nccs3)cc2)CCN1C(=O)C(C)n1ccc2cc(Cl)ccc21. The lowest BCUT2D eigenvalue weighted by atomic mass is 10.1. The molecule has 0 saturated carbocycles. The van der Waals surface area contributed by atoms with E-state index in [0.717, 1.165) is 16.6 Å². The number of piperazine rings is 1. The summed E-state index contributed by atoms with van der Waals surface area (Å²) in [4.78, 5) is 21.7. The van der Waals surface area contributed by atoms with Gasteiger partial charge in [-0.2, -0.15) is 0 Å². The van der Waals surface area contributed by atoms with Crippen LogP contribution in [0.25, 0.3) is 10.9 Å². The lowest BCUT2D eigenvalue weighted by molar-refractivity contribution is -0.136. The smallest absolute Gasteiger partial charge is 0.263 e. The van der Waals surface area contributed by atoms with Crippen molar-refractivity contribution >= 4 is 60.6 Å². The van der Waals surface area contributed by atoms with Crippen molar-refractivity contribution in [1.82, 2.24) is 14.5 Å². The fourth-order valence-electron chi connectivity index (χ4n) is 4.63. The fraction of sp³-hybridized carbons (Fsp3) is 0.280. The highest BCUT2D eigenvalue weighted by Gasteiger charge is 2.31. The second kappa shape index (κ2) is 9.76. The van der Waals surface area contributed by atoms with E-state index in [1.165, 1.54) is 11.3 Å². The lowest BCUT2D eigenvalue weighted by Gasteiger charge is -2.42. The molecule has 1 aliphatic heterocycles. The predicted octanol–water partition coefficient (Wildman–Crippen LogP) is 4.85. The van der Waals surface area contributed by atoms with Crippen molar-refractivity contribution in [2.24, 2.45) is 0 Å². The number of halogens is 1. The number of carbonyl (C=O) groups excluding carboxylic acids is 1. The molecule has 0 bridgehead atoms. The number of nitrogens with one attached hydrogen (secondary N) is 1. The van der Waals surface area contributed by atoms with Gasteiger partial charge in [-0.1, -0.05) is 11.6 Å². The van der Waals surface area contributed by atoms with Crippen molar-refractivity contribution in [2.45, 2.75) is 30.8 Å². The van der Waals surface area contributed by atoms with Gasteiger partial charge in [0.15, 0.2) is 5.13 Å². The number of nitrogens with zero attached hydrogens (tertiary/aromatic N) is 4. The van der Waals surface area contributed by atoms with Crippen LogP contribution in [0.5, 0.6) is 0 Å². The first-order valence-electron chi connectivity index (χ1n) is 11.6. The normalized spacial score (nSPS) is 17.4. The molecular weight excluding hydrogens is 518 g/mol. The Labute approximate surface area is 219 Å². The molecule has 4 aromatic rings. The van der Waals surface area contributed by atoms with Crippen LogP contribution in [0.2, 0.25) is 5.02 Å². The number of carbonyl (C=O) groups is 1. The first-order chi connectivity index (χ1) is 17.2. The quantitative estimate of drug-likeness (QED) is 0.375. The molecule has 36 heavy (non-hydrogen) atoms. The maximum Gasteiger partial charge on any atom is 0.263 e. The van der Waals surface area contributed by atoms with Crippen LogP contribution < -0.4 is 9.62 Å². The summed E-state index contributed by atoms with van der Waals surface area (Å²) in [6.07, 6.45) is 3.48. The molecule has 2 unspecified atom stereocenters. The number of sulfonamides is 1. The molecule has 2 aromatic carbocycles. The van der Waals surface area contributed by atoms with E-state index in [0.29, 0.717) is 29.8 Å². The van der Waals surface area contributed by atoms with Crippen LogP contribution in [-0.4, -0.2) is 54.5 Å². The van der Waals surface area contributed by atoms with Gasteiger partial charge in [-0.25, -0.2) is 13.4 Å². The van der Waals surface area contributed by atoms with Gasteiger partial charge in [-0.3, -0.25) is 9.52 Å². The molecule has 188 valence electrons. The number of hydrogen-bond acceptors (Lipinski definition) is 6. The molecule has 1 aliphatic rings. The van der Waals surface area contributed by atoms with Gasteiger partial charge in [-0.05, 0) is 62.4 Å². The third-order valence-electron chi connectivity index (χ3n) is 6.53. The standard InChI is InChI=1S/C25H26ClN5O3S2/c1-17-16-29(21-4-6-22(7-5-21)36(33,34)28-25-27-10-14-35-25)12-13-30(17)24(32)18(2)31-11-9-19-15-20(26)3-8-23(19)31/h3-11,14-15,17-18H,12-13,16H2,1-2H3,(H,27,28). The summed E-state index contributed by atoms with van der Waals surface area (Å²) in [5.74, 6) is 0.0734. The molecule has 3 heterocycles. The van der Waals surface area contributed by atoms with Crippen molar-refractivity contribution in [3.8, 4) is 0 Å². The van der Waals surface area contributed by atoms with Crippen LogP contribution in [0.3, 0.4) is 0 Å². The zero-order chi connectivity index (χ0) is 25.4. The van der Waals surface area contributed by atoms with E-state index in [9.17, 15) is 13.2 Å². The molecule has 11 heteroatoms. The Hall–Kier alpha value is -3.08. The molecule has 1 fully saturated rings. The van der Waals surface area contributed by atoms with Crippen molar-refractivity contribution < 1.29 is 13.2 Å². The van der Waals surface area contributed by atoms with Crippen molar-refractivity contribution in [3.63, 3.8) is 0 Å². The average molecular weight is 544 g/mol. The number of hydrogen-bond donors (Lipinski definition) is 1. The first-order valence-corrected chi connectivity index (χ1v) is 14.3. The summed E-state index contributed by atoms with van der Waals surface area (Å²) in [5, 5.41) is 3.72. The monoisotopic (exact) mass is 543 g/mol. The largest absolute Gasteiger partial charge is 0.368 e. The number of aromatic nitrogens is 2. The Bertz CT molecular complexity index is 1490. The minimum Gasteiger partial charge on any atom is -0.368 e. The number of amides is 1. The molecule has 0 spiro atoms. The highest BCUT2D eigenvalue weighted by molar-refractivity contribution is 7.93. The van der Waals surface area contributed by atoms with Crippen molar-refractivity contribution in [2.75, 3.05) is 29.3 Å². The third kappa shape index (κ3) is 4.80. The minimum atomic E-state index is -3.69. The summed E-state index contributed by atoms with van der Waals surface area (Å²) >= 11 is 7.34. The van der Waals surface area contributed by atoms with Crippen LogP contribution in [0.15, 0.2) is 71.2 Å². The molecule has 1 saturated heterocycles. The molecule has 5 rings (SSSR count). The summed E-state index contributed by atoms with van der Waals surface area (Å²) in [7, 11) is -3.69. The Kier molecular flexibility index (Phi) is 6.67. The van der Waals surface area contributed by atoms with Gasteiger partial charge in [0, 0.05) is 65.1 Å². The second-order valence-corrected chi connectivity index (χ2v) is 11.9. The van der Waals surface area contributed by atoms with Gasteiger partial charge in [0.1, 0.15) is 6.04 Å². The lowest BCUT2D eigenvalue weighted by Crippen LogP contribution is -2.55. The minimum absolute atomic E-state index is 0.0000466. The number of rotatable bonds is 6. The summed E-state index contributed by atoms with van der Waals surface area (Å²) in [6, 6.07) is 14.1. The van der Waals surface area contributed by atoms with Gasteiger partial charge in [0.25, 0.3) is 10.0 Å². The highest BCUT2D eigenvalue weighted by atomic mass is 35.5. The Balaban J connectivity index is 1.25. The molecule has 1 N–H and O–H groups in total. The van der Waals surface area contributed by atoms with Crippen LogP contribution in [-0.2, 0) is 14.8 Å². The van der Waals surface area contributed by atoms with E-state index in [1.54, 1.807) is 35.8 Å². The van der Waals surface area contributed by atoms with Gasteiger partial charge >= 0.3 is 0 Å². The number of benzene rings is 2. The first kappa shape index (κ1) is 24.6. The molecular formula is C25H26ClN5O3S2. The predicted molar refractivity (Wildman–Crippen MR) is 144 cm³/mol. The van der Waals surface area contributed by atoms with E-state index in [2.05, 4.69) is 14.6 Å². The topological polar surface area (TPSA) is 87.5 Å². The third-order valence-corrected chi connectivity index (χ3v) is 8.94. The molecule has 2 aromatic heterocycles. The van der Waals surface area contributed by atoms with Gasteiger partial charge in [0.05, 0.1) is 4.90 Å². The Morgan fingerprint density at radius 3 is 2.64 bits per heavy atom. The number of anilines is 2. The van der Waals surface area contributed by atoms with Gasteiger partial charge in [-0.15, -0.1) is 11.3 Å². The van der Waals surface area contributed by atoms with Crippen LogP contribution in [0.4, 0.5) is 10.8 Å². The Morgan fingerprint density at radius 1 is 1.17 bits per heavy atom. The van der Waals surface area contributed by atoms with Gasteiger partial charge in [0.2, 0.25) is 5.91 Å². The second-order valence-electron chi connectivity index (χ2n) is 8.87. The van der Waals surface area contributed by atoms with E-state index in [-0.39, 0.29) is 22.9 Å². The van der Waals surface area contributed by atoms with Crippen molar-refractivity contribution in [1.29, 1.82) is 0 Å². The maximum absolute atomic E-state index is 13.4. The average Bonchev–Trinajstić information content (AvgIpc) is 3.52. The summed E-state index contributed by atoms with van der Waals surface area (Å²) in [5.41, 5.74) is 1.90. The maximum atomic E-state index is 13.4. The van der Waals surface area contributed by atoms with E-state index < -0.39 is 10.0 Å². The zero-order valence-corrected chi connectivity index (χ0v) is 22.2. The van der Waals surface area contributed by atoms with E-state index in [4.69, 9.17) is 11.6 Å².